The molecule has 0 aliphatic rings. The van der Waals surface area contributed by atoms with Crippen molar-refractivity contribution in [1.29, 1.82) is 0 Å². The summed E-state index contributed by atoms with van der Waals surface area (Å²) in [5.41, 5.74) is 1.23. The number of H-pyrrole nitrogens is 1. The highest BCUT2D eigenvalue weighted by atomic mass is 32.2. The zero-order valence-corrected chi connectivity index (χ0v) is 11.9. The van der Waals surface area contributed by atoms with Crippen LogP contribution in [0.15, 0.2) is 35.4 Å². The number of nitrogens with one attached hydrogen (secondary N) is 1. The number of aromatic nitrogens is 1. The smallest absolute Gasteiger partial charge is 0.0732 e. The van der Waals surface area contributed by atoms with Crippen molar-refractivity contribution >= 4 is 35.3 Å². The Morgan fingerprint density at radius 1 is 1.29 bits per heavy atom. The first-order valence-corrected chi connectivity index (χ1v) is 7.73. The second-order valence-electron chi connectivity index (χ2n) is 4.48. The Hall–Kier alpha value is -0.540. The van der Waals surface area contributed by atoms with Gasteiger partial charge in [0.1, 0.15) is 0 Å². The second kappa shape index (κ2) is 6.41. The molecule has 0 bridgehead atoms. The van der Waals surface area contributed by atoms with E-state index in [1.54, 1.807) is 0 Å². The van der Waals surface area contributed by atoms with Gasteiger partial charge in [-0.05, 0) is 42.4 Å². The predicted molar refractivity (Wildman–Crippen MR) is 81.3 cm³/mol. The minimum Gasteiger partial charge on any atom is -0.350 e. The van der Waals surface area contributed by atoms with Crippen molar-refractivity contribution in [3.8, 4) is 0 Å². The lowest BCUT2D eigenvalue weighted by atomic mass is 10.1. The monoisotopic (exact) mass is 265 g/mol. The van der Waals surface area contributed by atoms with E-state index in [0.29, 0.717) is 0 Å². The van der Waals surface area contributed by atoms with E-state index in [9.17, 15) is 0 Å². The van der Waals surface area contributed by atoms with E-state index in [-0.39, 0.29) is 0 Å². The molecule has 0 aliphatic heterocycles. The van der Waals surface area contributed by atoms with E-state index in [1.165, 1.54) is 34.5 Å². The molecule has 1 N–H and O–H groups in total. The first-order valence-electron chi connectivity index (χ1n) is 6.11. The molecule has 2 aromatic rings. The third-order valence-corrected chi connectivity index (χ3v) is 4.22. The molecule has 3 heteroatoms. The molecule has 0 saturated heterocycles. The standard InChI is InChI=1S/C14H19NS2/c1-11(6-8-16)7-9-17-14-10-12-4-2-3-5-13(12)15-14/h2-5,10-11,15-16H,6-9H2,1H3. The fourth-order valence-electron chi connectivity index (χ4n) is 1.86. The van der Waals surface area contributed by atoms with E-state index in [0.717, 1.165) is 11.7 Å². The van der Waals surface area contributed by atoms with Crippen LogP contribution in [-0.4, -0.2) is 16.5 Å². The van der Waals surface area contributed by atoms with Crippen molar-refractivity contribution in [2.24, 2.45) is 5.92 Å². The van der Waals surface area contributed by atoms with Gasteiger partial charge in [-0.1, -0.05) is 25.1 Å². The molecule has 92 valence electrons. The zero-order chi connectivity index (χ0) is 12.1. The van der Waals surface area contributed by atoms with Gasteiger partial charge in [-0.2, -0.15) is 12.6 Å². The molecule has 0 radical (unpaired) electrons. The van der Waals surface area contributed by atoms with Gasteiger partial charge in [0.2, 0.25) is 0 Å². The summed E-state index contributed by atoms with van der Waals surface area (Å²) >= 11 is 6.19. The maximum absolute atomic E-state index is 4.27. The summed E-state index contributed by atoms with van der Waals surface area (Å²) in [4.78, 5) is 3.45. The molecular weight excluding hydrogens is 246 g/mol. The number of rotatable bonds is 6. The lowest BCUT2D eigenvalue weighted by molar-refractivity contribution is 0.554. The van der Waals surface area contributed by atoms with Gasteiger partial charge in [0.05, 0.1) is 5.03 Å². The Bertz CT molecular complexity index is 431. The lowest BCUT2D eigenvalue weighted by Gasteiger charge is -2.07. The highest BCUT2D eigenvalue weighted by Gasteiger charge is 2.03. The maximum Gasteiger partial charge on any atom is 0.0732 e. The summed E-state index contributed by atoms with van der Waals surface area (Å²) in [7, 11) is 0. The molecule has 0 aliphatic carbocycles. The minimum absolute atomic E-state index is 0.782. The van der Waals surface area contributed by atoms with Gasteiger partial charge in [0, 0.05) is 10.9 Å². The average molecular weight is 265 g/mol. The van der Waals surface area contributed by atoms with Crippen LogP contribution in [0.2, 0.25) is 0 Å². The van der Waals surface area contributed by atoms with E-state index in [1.807, 2.05) is 11.8 Å². The predicted octanol–water partition coefficient (Wildman–Crippen LogP) is 4.61. The van der Waals surface area contributed by atoms with E-state index in [2.05, 4.69) is 54.9 Å². The summed E-state index contributed by atoms with van der Waals surface area (Å²) in [6, 6.07) is 10.7. The number of hydrogen-bond donors (Lipinski definition) is 2. The van der Waals surface area contributed by atoms with Crippen molar-refractivity contribution < 1.29 is 0 Å². The minimum atomic E-state index is 0.782. The number of fused-ring (bicyclic) bond motifs is 1. The number of para-hydroxylation sites is 1. The first-order chi connectivity index (χ1) is 8.29. The fraction of sp³-hybridized carbons (Fsp3) is 0.429. The number of thiol groups is 1. The van der Waals surface area contributed by atoms with Crippen LogP contribution in [0.3, 0.4) is 0 Å². The summed E-state index contributed by atoms with van der Waals surface area (Å²) in [5.74, 6) is 2.96. The average Bonchev–Trinajstić information content (AvgIpc) is 2.71. The van der Waals surface area contributed by atoms with Crippen LogP contribution >= 0.6 is 24.4 Å². The molecule has 0 fully saturated rings. The summed E-state index contributed by atoms with van der Waals surface area (Å²) in [5, 5.41) is 2.59. The Balaban J connectivity index is 1.86. The molecule has 1 nitrogen and oxygen atoms in total. The van der Waals surface area contributed by atoms with Crippen molar-refractivity contribution in [3.05, 3.63) is 30.3 Å². The van der Waals surface area contributed by atoms with E-state index in [4.69, 9.17) is 0 Å². The fourth-order valence-corrected chi connectivity index (χ4v) is 3.43. The molecule has 1 aromatic heterocycles. The molecule has 0 amide bonds. The first kappa shape index (κ1) is 12.9. The van der Waals surface area contributed by atoms with Crippen molar-refractivity contribution in [3.63, 3.8) is 0 Å². The van der Waals surface area contributed by atoms with Gasteiger partial charge < -0.3 is 4.98 Å². The molecule has 1 aromatic carbocycles. The molecule has 1 unspecified atom stereocenters. The Labute approximate surface area is 113 Å². The summed E-state index contributed by atoms with van der Waals surface area (Å²) in [6.45, 7) is 2.31. The Morgan fingerprint density at radius 2 is 2.12 bits per heavy atom. The van der Waals surface area contributed by atoms with Crippen LogP contribution < -0.4 is 0 Å². The molecule has 1 heterocycles. The SMILES string of the molecule is CC(CCS)CCSc1cc2ccccc2[nH]1. The molecule has 1 atom stereocenters. The quantitative estimate of drug-likeness (QED) is 0.576. The van der Waals surface area contributed by atoms with Crippen LogP contribution in [0.25, 0.3) is 10.9 Å². The third-order valence-electron chi connectivity index (χ3n) is 3.00. The zero-order valence-electron chi connectivity index (χ0n) is 10.1. The number of benzene rings is 1. The van der Waals surface area contributed by atoms with Gasteiger partial charge >= 0.3 is 0 Å². The third kappa shape index (κ3) is 3.71. The second-order valence-corrected chi connectivity index (χ2v) is 6.06. The van der Waals surface area contributed by atoms with Gasteiger partial charge in [-0.15, -0.1) is 11.8 Å². The molecule has 2 rings (SSSR count). The Morgan fingerprint density at radius 3 is 2.88 bits per heavy atom. The Kier molecular flexibility index (Phi) is 4.86. The molecule has 0 spiro atoms. The highest BCUT2D eigenvalue weighted by molar-refractivity contribution is 7.99. The van der Waals surface area contributed by atoms with Crippen molar-refractivity contribution in [1.82, 2.24) is 4.98 Å². The van der Waals surface area contributed by atoms with Crippen LogP contribution in [0.1, 0.15) is 19.8 Å². The topological polar surface area (TPSA) is 15.8 Å². The lowest BCUT2D eigenvalue weighted by Crippen LogP contribution is -1.97. The molecule has 0 saturated carbocycles. The van der Waals surface area contributed by atoms with Gasteiger partial charge in [-0.25, -0.2) is 0 Å². The van der Waals surface area contributed by atoms with Crippen LogP contribution in [-0.2, 0) is 0 Å². The molecular formula is C14H19NS2. The van der Waals surface area contributed by atoms with Crippen LogP contribution in [0.4, 0.5) is 0 Å². The van der Waals surface area contributed by atoms with Crippen LogP contribution in [0, 0.1) is 5.92 Å². The molecule has 17 heavy (non-hydrogen) atoms. The van der Waals surface area contributed by atoms with Crippen molar-refractivity contribution in [2.45, 2.75) is 24.8 Å². The number of hydrogen-bond acceptors (Lipinski definition) is 2. The maximum atomic E-state index is 4.27. The number of thioether (sulfide) groups is 1. The van der Waals surface area contributed by atoms with E-state index < -0.39 is 0 Å². The van der Waals surface area contributed by atoms with Crippen LogP contribution in [0.5, 0.6) is 0 Å². The largest absolute Gasteiger partial charge is 0.350 e. The summed E-state index contributed by atoms with van der Waals surface area (Å²) < 4.78 is 0. The summed E-state index contributed by atoms with van der Waals surface area (Å²) in [6.07, 6.45) is 2.48. The normalized spacial score (nSPS) is 13.1. The van der Waals surface area contributed by atoms with Gasteiger partial charge in [0.15, 0.2) is 0 Å². The van der Waals surface area contributed by atoms with Crippen molar-refractivity contribution in [2.75, 3.05) is 11.5 Å². The highest BCUT2D eigenvalue weighted by Crippen LogP contribution is 2.25. The van der Waals surface area contributed by atoms with Gasteiger partial charge in [0.25, 0.3) is 0 Å². The number of aromatic amines is 1. The van der Waals surface area contributed by atoms with E-state index >= 15 is 0 Å². The van der Waals surface area contributed by atoms with Gasteiger partial charge in [-0.3, -0.25) is 0 Å².